The number of hydrogen-bond donors (Lipinski definition) is 2. The van der Waals surface area contributed by atoms with Gasteiger partial charge in [0.1, 0.15) is 5.75 Å². The quantitative estimate of drug-likeness (QED) is 0.168. The van der Waals surface area contributed by atoms with Crippen molar-refractivity contribution in [2.24, 2.45) is 11.8 Å². The number of aliphatic carboxylic acids is 1. The minimum Gasteiger partial charge on any atom is -0.491 e. The summed E-state index contributed by atoms with van der Waals surface area (Å²) in [6.07, 6.45) is 7.32. The lowest BCUT2D eigenvalue weighted by molar-refractivity contribution is -0.137. The number of rotatable bonds is 14. The van der Waals surface area contributed by atoms with Crippen molar-refractivity contribution >= 4 is 34.0 Å². The molecule has 2 N–H and O–H groups in total. The molecule has 0 unspecified atom stereocenters. The van der Waals surface area contributed by atoms with Gasteiger partial charge in [-0.05, 0) is 79.0 Å². The van der Waals surface area contributed by atoms with Crippen LogP contribution in [0.5, 0.6) is 5.75 Å². The molecule has 0 bridgehead atoms. The Hall–Kier alpha value is -3.54. The Morgan fingerprint density at radius 3 is 2.39 bits per heavy atom. The van der Waals surface area contributed by atoms with Crippen LogP contribution in [0.3, 0.4) is 0 Å². The van der Waals surface area contributed by atoms with E-state index in [1.54, 1.807) is 18.2 Å². The molecule has 0 fully saturated rings. The fraction of sp³-hybridized carbons (Fsp3) is 0.438. The maximum absolute atomic E-state index is 13.0. The average molecular weight is 519 g/mol. The molecule has 0 radical (unpaired) electrons. The summed E-state index contributed by atoms with van der Waals surface area (Å²) in [5, 5.41) is 12.9. The van der Waals surface area contributed by atoms with Gasteiger partial charge >= 0.3 is 5.97 Å². The highest BCUT2D eigenvalue weighted by Crippen LogP contribution is 2.32. The van der Waals surface area contributed by atoms with Crippen LogP contribution in [-0.2, 0) is 9.59 Å². The minimum absolute atomic E-state index is 0.0426. The van der Waals surface area contributed by atoms with E-state index in [2.05, 4.69) is 75.0 Å². The molecule has 204 valence electrons. The predicted molar refractivity (Wildman–Crippen MR) is 156 cm³/mol. The first-order valence-corrected chi connectivity index (χ1v) is 13.7. The molecule has 0 atom stereocenters. The number of para-hydroxylation sites is 2. The zero-order valence-corrected chi connectivity index (χ0v) is 23.4. The number of aromatic nitrogens is 1. The van der Waals surface area contributed by atoms with E-state index in [1.165, 1.54) is 10.9 Å². The van der Waals surface area contributed by atoms with Crippen molar-refractivity contribution in [2.75, 3.05) is 11.9 Å². The largest absolute Gasteiger partial charge is 0.491 e. The molecule has 0 spiro atoms. The van der Waals surface area contributed by atoms with Crippen LogP contribution < -0.4 is 10.1 Å². The van der Waals surface area contributed by atoms with Crippen LogP contribution in [0.4, 0.5) is 5.69 Å². The highest BCUT2D eigenvalue weighted by molar-refractivity contribution is 6.05. The Bertz CT molecular complexity index is 1250. The maximum atomic E-state index is 13.0. The van der Waals surface area contributed by atoms with Gasteiger partial charge in [-0.3, -0.25) is 9.59 Å². The third kappa shape index (κ3) is 8.23. The van der Waals surface area contributed by atoms with E-state index in [9.17, 15) is 9.59 Å². The van der Waals surface area contributed by atoms with Crippen LogP contribution in [0, 0.1) is 11.8 Å². The van der Waals surface area contributed by atoms with Gasteiger partial charge < -0.3 is 19.7 Å². The molecule has 3 rings (SSSR count). The van der Waals surface area contributed by atoms with Crippen molar-refractivity contribution in [1.82, 2.24) is 4.57 Å². The molecule has 3 aromatic rings. The topological polar surface area (TPSA) is 80.6 Å². The van der Waals surface area contributed by atoms with Gasteiger partial charge in [-0.2, -0.15) is 0 Å². The number of anilines is 1. The Kier molecular flexibility index (Phi) is 10.6. The number of nitrogens with one attached hydrogen (secondary N) is 1. The molecule has 2 aromatic carbocycles. The summed E-state index contributed by atoms with van der Waals surface area (Å²) < 4.78 is 8.15. The number of nitrogens with zero attached hydrogens (tertiary/aromatic N) is 1. The van der Waals surface area contributed by atoms with Crippen LogP contribution in [0.1, 0.15) is 78.3 Å². The van der Waals surface area contributed by atoms with Crippen LogP contribution in [-0.4, -0.2) is 28.2 Å². The number of allylic oxidation sites excluding steroid dienone is 1. The molecule has 0 aliphatic carbocycles. The highest BCUT2D eigenvalue weighted by Gasteiger charge is 2.17. The summed E-state index contributed by atoms with van der Waals surface area (Å²) >= 11 is 0. The lowest BCUT2D eigenvalue weighted by Crippen LogP contribution is -2.13. The van der Waals surface area contributed by atoms with Crippen LogP contribution in [0.2, 0.25) is 0 Å². The average Bonchev–Trinajstić information content (AvgIpc) is 3.28. The third-order valence-electron chi connectivity index (χ3n) is 6.60. The number of hydrogen-bond acceptors (Lipinski definition) is 3. The Balaban J connectivity index is 1.77. The molecular formula is C32H42N2O4. The number of carbonyl (C=O) groups is 2. The van der Waals surface area contributed by atoms with Gasteiger partial charge in [0.05, 0.1) is 12.3 Å². The Labute approximate surface area is 226 Å². The number of ether oxygens (including phenoxy) is 1. The van der Waals surface area contributed by atoms with Crippen LogP contribution in [0.15, 0.2) is 60.8 Å². The van der Waals surface area contributed by atoms with Gasteiger partial charge in [0.15, 0.2) is 0 Å². The number of carboxylic acids is 1. The summed E-state index contributed by atoms with van der Waals surface area (Å²) in [4.78, 5) is 23.7. The van der Waals surface area contributed by atoms with E-state index in [0.29, 0.717) is 35.7 Å². The number of carbonyl (C=O) groups excluding carboxylic acids is 1. The smallest absolute Gasteiger partial charge is 0.303 e. The van der Waals surface area contributed by atoms with E-state index < -0.39 is 5.97 Å². The lowest BCUT2D eigenvalue weighted by Gasteiger charge is -2.24. The number of benzene rings is 2. The standard InChI is InChI=1S/C32H42N2O4/c1-6-24(21-31(35)33-28-10-7-8-11-30(28)38-17-9-12-32(36)37)25-13-14-29-26(20-25)15-16-34(29)27(18-22(2)3)19-23(4)5/h7-8,10-11,13-16,20-23,27H,6,9,12,17-19H2,1-5H3,(H,33,35)(H,36,37). The van der Waals surface area contributed by atoms with Crippen molar-refractivity contribution in [1.29, 1.82) is 0 Å². The molecule has 1 heterocycles. The third-order valence-corrected chi connectivity index (χ3v) is 6.60. The monoisotopic (exact) mass is 518 g/mol. The van der Waals surface area contributed by atoms with Crippen molar-refractivity contribution in [2.45, 2.75) is 72.8 Å². The summed E-state index contributed by atoms with van der Waals surface area (Å²) in [6, 6.07) is 16.3. The van der Waals surface area contributed by atoms with E-state index in [-0.39, 0.29) is 18.9 Å². The molecule has 0 saturated carbocycles. The fourth-order valence-corrected chi connectivity index (χ4v) is 4.91. The second kappa shape index (κ2) is 13.8. The summed E-state index contributed by atoms with van der Waals surface area (Å²) in [5.74, 6) is 0.703. The molecular weight excluding hydrogens is 476 g/mol. The number of fused-ring (bicyclic) bond motifs is 1. The van der Waals surface area contributed by atoms with Crippen LogP contribution >= 0.6 is 0 Å². The number of amides is 1. The first-order chi connectivity index (χ1) is 18.2. The summed E-state index contributed by atoms with van der Waals surface area (Å²) in [5.41, 5.74) is 3.79. The zero-order chi connectivity index (χ0) is 27.7. The van der Waals surface area contributed by atoms with E-state index in [1.807, 2.05) is 12.1 Å². The van der Waals surface area contributed by atoms with E-state index in [4.69, 9.17) is 9.84 Å². The lowest BCUT2D eigenvalue weighted by atomic mass is 9.95. The minimum atomic E-state index is -0.854. The zero-order valence-electron chi connectivity index (χ0n) is 23.4. The highest BCUT2D eigenvalue weighted by atomic mass is 16.5. The molecule has 38 heavy (non-hydrogen) atoms. The van der Waals surface area contributed by atoms with Crippen molar-refractivity contribution < 1.29 is 19.4 Å². The Morgan fingerprint density at radius 2 is 1.74 bits per heavy atom. The van der Waals surface area contributed by atoms with Crippen LogP contribution in [0.25, 0.3) is 16.5 Å². The van der Waals surface area contributed by atoms with Gasteiger partial charge in [0.2, 0.25) is 5.91 Å². The second-order valence-corrected chi connectivity index (χ2v) is 10.8. The van der Waals surface area contributed by atoms with Crippen molar-refractivity contribution in [3.8, 4) is 5.75 Å². The molecule has 1 aromatic heterocycles. The van der Waals surface area contributed by atoms with Crippen molar-refractivity contribution in [3.05, 3.63) is 66.4 Å². The molecule has 6 heteroatoms. The van der Waals surface area contributed by atoms with Gasteiger partial charge in [-0.15, -0.1) is 0 Å². The normalized spacial score (nSPS) is 12.1. The number of carboxylic acid groups (broad SMARTS) is 1. The van der Waals surface area contributed by atoms with Gasteiger partial charge in [0.25, 0.3) is 0 Å². The van der Waals surface area contributed by atoms with E-state index >= 15 is 0 Å². The molecule has 0 aliphatic heterocycles. The van der Waals surface area contributed by atoms with Gasteiger partial charge in [-0.25, -0.2) is 0 Å². The molecule has 0 aliphatic rings. The first kappa shape index (κ1) is 29.0. The summed E-state index contributed by atoms with van der Waals surface area (Å²) in [6.45, 7) is 11.4. The van der Waals surface area contributed by atoms with Crippen molar-refractivity contribution in [3.63, 3.8) is 0 Å². The molecule has 6 nitrogen and oxygen atoms in total. The Morgan fingerprint density at radius 1 is 1.03 bits per heavy atom. The van der Waals surface area contributed by atoms with E-state index in [0.717, 1.165) is 30.4 Å². The predicted octanol–water partition coefficient (Wildman–Crippen LogP) is 7.95. The fourth-order valence-electron chi connectivity index (χ4n) is 4.91. The summed E-state index contributed by atoms with van der Waals surface area (Å²) in [7, 11) is 0. The SMILES string of the molecule is CCC(=CC(=O)Nc1ccccc1OCCCC(=O)O)c1ccc2c(ccn2C(CC(C)C)CC(C)C)c1. The van der Waals surface area contributed by atoms with Gasteiger partial charge in [-0.1, -0.05) is 52.8 Å². The molecule has 1 amide bonds. The van der Waals surface area contributed by atoms with Gasteiger partial charge in [0, 0.05) is 35.6 Å². The maximum Gasteiger partial charge on any atom is 0.303 e. The second-order valence-electron chi connectivity index (χ2n) is 10.8. The molecule has 0 saturated heterocycles. The first-order valence-electron chi connectivity index (χ1n) is 13.7.